The van der Waals surface area contributed by atoms with E-state index in [1.54, 1.807) is 0 Å². The van der Waals surface area contributed by atoms with Crippen molar-refractivity contribution in [1.82, 2.24) is 0 Å². The number of carbonyl (C=O) groups excluding carboxylic acids is 2. The quantitative estimate of drug-likeness (QED) is 0.616. The number of rotatable bonds is 5. The van der Waals surface area contributed by atoms with E-state index in [9.17, 15) is 18.0 Å². The molecule has 7 nitrogen and oxygen atoms in total. The molecule has 0 heterocycles. The second kappa shape index (κ2) is 7.59. The molecule has 0 saturated carbocycles. The molecule has 1 aliphatic rings. The molecule has 0 unspecified atom stereocenters. The largest absolute Gasteiger partial charge is 0.452 e. The summed E-state index contributed by atoms with van der Waals surface area (Å²) in [6, 6.07) is 5.40. The van der Waals surface area contributed by atoms with Crippen LogP contribution in [0.1, 0.15) is 26.2 Å². The lowest BCUT2D eigenvalue weighted by Crippen LogP contribution is -2.32. The first-order chi connectivity index (χ1) is 11.3. The normalized spacial score (nSPS) is 18.7. The van der Waals surface area contributed by atoms with Crippen molar-refractivity contribution in [2.75, 3.05) is 5.32 Å². The van der Waals surface area contributed by atoms with Crippen molar-refractivity contribution in [1.29, 1.82) is 0 Å². The van der Waals surface area contributed by atoms with Gasteiger partial charge in [-0.1, -0.05) is 12.2 Å². The van der Waals surface area contributed by atoms with Gasteiger partial charge in [-0.2, -0.15) is 0 Å². The Balaban J connectivity index is 1.91. The fourth-order valence-electron chi connectivity index (χ4n) is 2.30. The van der Waals surface area contributed by atoms with Gasteiger partial charge >= 0.3 is 5.97 Å². The van der Waals surface area contributed by atoms with Crippen LogP contribution in [0, 0.1) is 5.92 Å². The molecular weight excluding hydrogens is 332 g/mol. The number of allylic oxidation sites excluding steroid dienone is 2. The van der Waals surface area contributed by atoms with Gasteiger partial charge in [0.1, 0.15) is 0 Å². The number of benzene rings is 1. The number of primary sulfonamides is 1. The minimum Gasteiger partial charge on any atom is -0.452 e. The molecule has 130 valence electrons. The molecule has 0 saturated heterocycles. The predicted octanol–water partition coefficient (Wildman–Crippen LogP) is 1.56. The number of sulfonamides is 1. The summed E-state index contributed by atoms with van der Waals surface area (Å²) in [4.78, 5) is 24.0. The first-order valence-electron chi connectivity index (χ1n) is 7.56. The number of nitrogens with one attached hydrogen (secondary N) is 1. The highest BCUT2D eigenvalue weighted by Crippen LogP contribution is 2.20. The van der Waals surface area contributed by atoms with Gasteiger partial charge in [0, 0.05) is 5.69 Å². The fraction of sp³-hybridized carbons (Fsp3) is 0.375. The molecule has 0 fully saturated rings. The standard InChI is InChI=1S/C16H20N2O5S/c1-11(23-16(20)12-5-3-2-4-6-12)15(19)18-13-7-9-14(10-8-13)24(17,21)22/h2-3,7-12H,4-6H2,1H3,(H,18,19)(H2,17,21,22)/t11-,12+/m0/s1. The van der Waals surface area contributed by atoms with Crippen LogP contribution in [0.2, 0.25) is 0 Å². The maximum atomic E-state index is 12.1. The van der Waals surface area contributed by atoms with E-state index < -0.39 is 22.0 Å². The lowest BCUT2D eigenvalue weighted by molar-refractivity contribution is -0.157. The van der Waals surface area contributed by atoms with Gasteiger partial charge in [0.2, 0.25) is 10.0 Å². The molecule has 0 radical (unpaired) electrons. The van der Waals surface area contributed by atoms with Crippen molar-refractivity contribution >= 4 is 27.6 Å². The van der Waals surface area contributed by atoms with Crippen LogP contribution in [0.15, 0.2) is 41.3 Å². The van der Waals surface area contributed by atoms with Crippen LogP contribution in [0.5, 0.6) is 0 Å². The Kier molecular flexibility index (Phi) is 5.74. The molecule has 0 spiro atoms. The number of hydrogen-bond donors (Lipinski definition) is 2. The van der Waals surface area contributed by atoms with Gasteiger partial charge < -0.3 is 10.1 Å². The Morgan fingerprint density at radius 1 is 1.25 bits per heavy atom. The molecule has 2 rings (SSSR count). The first kappa shape index (κ1) is 18.2. The number of esters is 1. The summed E-state index contributed by atoms with van der Waals surface area (Å²) in [6.45, 7) is 1.49. The van der Waals surface area contributed by atoms with Crippen molar-refractivity contribution < 1.29 is 22.7 Å². The number of amides is 1. The van der Waals surface area contributed by atoms with Gasteiger partial charge in [-0.25, -0.2) is 13.6 Å². The third-order valence-electron chi connectivity index (χ3n) is 3.71. The van der Waals surface area contributed by atoms with E-state index in [0.717, 1.165) is 12.8 Å². The number of anilines is 1. The highest BCUT2D eigenvalue weighted by Gasteiger charge is 2.25. The van der Waals surface area contributed by atoms with Gasteiger partial charge in [0.25, 0.3) is 5.91 Å². The van der Waals surface area contributed by atoms with Crippen molar-refractivity contribution in [3.8, 4) is 0 Å². The maximum Gasteiger partial charge on any atom is 0.310 e. The molecule has 1 amide bonds. The second-order valence-electron chi connectivity index (χ2n) is 5.62. The molecule has 1 aliphatic carbocycles. The molecule has 8 heteroatoms. The monoisotopic (exact) mass is 352 g/mol. The molecule has 1 aromatic rings. The van der Waals surface area contributed by atoms with Crippen LogP contribution in [-0.4, -0.2) is 26.4 Å². The summed E-state index contributed by atoms with van der Waals surface area (Å²) in [5.41, 5.74) is 0.385. The highest BCUT2D eigenvalue weighted by molar-refractivity contribution is 7.89. The van der Waals surface area contributed by atoms with E-state index in [1.165, 1.54) is 31.2 Å². The van der Waals surface area contributed by atoms with Gasteiger partial charge in [-0.15, -0.1) is 0 Å². The summed E-state index contributed by atoms with van der Waals surface area (Å²) in [7, 11) is -3.78. The summed E-state index contributed by atoms with van der Waals surface area (Å²) >= 11 is 0. The Labute approximate surface area is 140 Å². The summed E-state index contributed by atoms with van der Waals surface area (Å²) in [5, 5.41) is 7.57. The van der Waals surface area contributed by atoms with Crippen molar-refractivity contribution in [2.45, 2.75) is 37.2 Å². The zero-order chi connectivity index (χ0) is 17.7. The molecule has 3 N–H and O–H groups in total. The summed E-state index contributed by atoms with van der Waals surface area (Å²) in [5.74, 6) is -1.08. The topological polar surface area (TPSA) is 116 Å². The van der Waals surface area contributed by atoms with E-state index in [2.05, 4.69) is 5.32 Å². The van der Waals surface area contributed by atoms with Gasteiger partial charge in [-0.05, 0) is 50.5 Å². The first-order valence-corrected chi connectivity index (χ1v) is 9.11. The summed E-state index contributed by atoms with van der Waals surface area (Å²) in [6.07, 6.45) is 5.19. The van der Waals surface area contributed by atoms with E-state index >= 15 is 0 Å². The van der Waals surface area contributed by atoms with Crippen LogP contribution in [0.25, 0.3) is 0 Å². The third-order valence-corrected chi connectivity index (χ3v) is 4.64. The maximum absolute atomic E-state index is 12.1. The van der Waals surface area contributed by atoms with Crippen molar-refractivity contribution in [3.63, 3.8) is 0 Å². The zero-order valence-corrected chi connectivity index (χ0v) is 14.1. The number of ether oxygens (including phenoxy) is 1. The van der Waals surface area contributed by atoms with Crippen LogP contribution >= 0.6 is 0 Å². The van der Waals surface area contributed by atoms with E-state index in [1.807, 2.05) is 12.2 Å². The Hall–Kier alpha value is -2.19. The van der Waals surface area contributed by atoms with Crippen molar-refractivity contribution in [2.24, 2.45) is 11.1 Å². The molecule has 24 heavy (non-hydrogen) atoms. The molecular formula is C16H20N2O5S. The molecule has 0 bridgehead atoms. The molecule has 2 atom stereocenters. The highest BCUT2D eigenvalue weighted by atomic mass is 32.2. The van der Waals surface area contributed by atoms with Crippen LogP contribution in [0.3, 0.4) is 0 Å². The lowest BCUT2D eigenvalue weighted by Gasteiger charge is -2.19. The summed E-state index contributed by atoms with van der Waals surface area (Å²) < 4.78 is 27.5. The van der Waals surface area contributed by atoms with Crippen LogP contribution in [0.4, 0.5) is 5.69 Å². The van der Waals surface area contributed by atoms with Crippen molar-refractivity contribution in [3.05, 3.63) is 36.4 Å². The second-order valence-corrected chi connectivity index (χ2v) is 7.18. The minimum atomic E-state index is -3.78. The molecule has 0 aliphatic heterocycles. The van der Waals surface area contributed by atoms with Gasteiger partial charge in [0.05, 0.1) is 10.8 Å². The Morgan fingerprint density at radius 2 is 1.92 bits per heavy atom. The Bertz CT molecular complexity index is 740. The Morgan fingerprint density at radius 3 is 2.46 bits per heavy atom. The molecule has 1 aromatic carbocycles. The van der Waals surface area contributed by atoms with Gasteiger partial charge in [0.15, 0.2) is 6.10 Å². The van der Waals surface area contributed by atoms with Gasteiger partial charge in [-0.3, -0.25) is 9.59 Å². The third kappa shape index (κ3) is 4.90. The van der Waals surface area contributed by atoms with E-state index in [0.29, 0.717) is 12.1 Å². The smallest absolute Gasteiger partial charge is 0.310 e. The fourth-order valence-corrected chi connectivity index (χ4v) is 2.82. The number of hydrogen-bond acceptors (Lipinski definition) is 5. The average molecular weight is 352 g/mol. The zero-order valence-electron chi connectivity index (χ0n) is 13.3. The predicted molar refractivity (Wildman–Crippen MR) is 88.5 cm³/mol. The van der Waals surface area contributed by atoms with Crippen LogP contribution < -0.4 is 10.5 Å². The SMILES string of the molecule is C[C@H](OC(=O)[C@@H]1CC=CCC1)C(=O)Nc1ccc(S(N)(=O)=O)cc1. The number of carbonyl (C=O) groups is 2. The van der Waals surface area contributed by atoms with Crippen LogP contribution in [-0.2, 0) is 24.3 Å². The molecule has 0 aromatic heterocycles. The van der Waals surface area contributed by atoms with E-state index in [-0.39, 0.29) is 16.8 Å². The van der Waals surface area contributed by atoms with E-state index in [4.69, 9.17) is 9.88 Å². The average Bonchev–Trinajstić information content (AvgIpc) is 2.55. The number of nitrogens with two attached hydrogens (primary N) is 1. The minimum absolute atomic E-state index is 0.0506. The lowest BCUT2D eigenvalue weighted by atomic mass is 9.95.